The van der Waals surface area contributed by atoms with Crippen molar-refractivity contribution in [2.45, 2.75) is 18.9 Å². The molecule has 2 rings (SSSR count). The van der Waals surface area contributed by atoms with Gasteiger partial charge in [-0.15, -0.1) is 0 Å². The van der Waals surface area contributed by atoms with Crippen molar-refractivity contribution in [2.24, 2.45) is 5.73 Å². The Bertz CT molecular complexity index is 434. The van der Waals surface area contributed by atoms with Crippen molar-refractivity contribution in [1.29, 1.82) is 0 Å². The standard InChI is InChI=1S/C10H13N5O/c11-9(1-7-3-12-5-14-7)10(16)2-8-4-13-6-15-8/h3-6,9H,1-2,11H2,(H,12,14)(H,13,15)/t9-/m0/s1. The molecule has 0 spiro atoms. The largest absolute Gasteiger partial charge is 0.351 e. The Morgan fingerprint density at radius 2 is 1.88 bits per heavy atom. The van der Waals surface area contributed by atoms with Crippen LogP contribution in [0.4, 0.5) is 0 Å². The summed E-state index contributed by atoms with van der Waals surface area (Å²) in [6.07, 6.45) is 7.25. The highest BCUT2D eigenvalue weighted by Gasteiger charge is 2.16. The van der Waals surface area contributed by atoms with Gasteiger partial charge in [-0.1, -0.05) is 0 Å². The van der Waals surface area contributed by atoms with Crippen LogP contribution in [0.2, 0.25) is 0 Å². The summed E-state index contributed by atoms with van der Waals surface area (Å²) in [5.41, 5.74) is 7.29. The number of H-pyrrole nitrogens is 2. The van der Waals surface area contributed by atoms with E-state index >= 15 is 0 Å². The molecule has 0 bridgehead atoms. The number of nitrogens with two attached hydrogens (primary N) is 1. The Labute approximate surface area is 92.3 Å². The van der Waals surface area contributed by atoms with E-state index in [-0.39, 0.29) is 12.2 Å². The average Bonchev–Trinajstić information content (AvgIpc) is 2.90. The Balaban J connectivity index is 1.90. The summed E-state index contributed by atoms with van der Waals surface area (Å²) in [6, 6.07) is -0.528. The van der Waals surface area contributed by atoms with Gasteiger partial charge in [-0.2, -0.15) is 0 Å². The Kier molecular flexibility index (Phi) is 3.11. The highest BCUT2D eigenvalue weighted by Crippen LogP contribution is 2.01. The van der Waals surface area contributed by atoms with Crippen LogP contribution in [-0.4, -0.2) is 31.8 Å². The second kappa shape index (κ2) is 4.71. The summed E-state index contributed by atoms with van der Waals surface area (Å²) in [5, 5.41) is 0. The molecule has 0 saturated carbocycles. The van der Waals surface area contributed by atoms with Gasteiger partial charge in [0.05, 0.1) is 36.5 Å². The van der Waals surface area contributed by atoms with Crippen LogP contribution in [0, 0.1) is 0 Å². The van der Waals surface area contributed by atoms with Crippen molar-refractivity contribution in [2.75, 3.05) is 0 Å². The van der Waals surface area contributed by atoms with E-state index in [1.165, 1.54) is 0 Å². The molecule has 0 aliphatic rings. The summed E-state index contributed by atoms with van der Waals surface area (Å²) in [4.78, 5) is 25.4. The predicted octanol–water partition coefficient (Wildman–Crippen LogP) is -0.186. The number of nitrogens with zero attached hydrogens (tertiary/aromatic N) is 2. The lowest BCUT2D eigenvalue weighted by Crippen LogP contribution is -2.34. The molecule has 16 heavy (non-hydrogen) atoms. The van der Waals surface area contributed by atoms with Crippen LogP contribution >= 0.6 is 0 Å². The summed E-state index contributed by atoms with van der Waals surface area (Å²) >= 11 is 0. The average molecular weight is 219 g/mol. The first-order valence-corrected chi connectivity index (χ1v) is 4.99. The van der Waals surface area contributed by atoms with Gasteiger partial charge < -0.3 is 15.7 Å². The highest BCUT2D eigenvalue weighted by molar-refractivity contribution is 5.85. The van der Waals surface area contributed by atoms with Crippen LogP contribution in [0.3, 0.4) is 0 Å². The number of aromatic nitrogens is 4. The van der Waals surface area contributed by atoms with E-state index in [1.54, 1.807) is 25.0 Å². The molecule has 0 aromatic carbocycles. The quantitative estimate of drug-likeness (QED) is 0.649. The molecule has 6 nitrogen and oxygen atoms in total. The minimum atomic E-state index is -0.528. The van der Waals surface area contributed by atoms with Crippen molar-refractivity contribution in [3.63, 3.8) is 0 Å². The monoisotopic (exact) mass is 219 g/mol. The smallest absolute Gasteiger partial charge is 0.155 e. The second-order valence-corrected chi connectivity index (χ2v) is 3.57. The SMILES string of the molecule is N[C@@H](Cc1c[nH]cn1)C(=O)Cc1c[nH]cn1. The molecule has 2 heterocycles. The minimum absolute atomic E-state index is 0.0323. The van der Waals surface area contributed by atoms with Crippen LogP contribution in [-0.2, 0) is 17.6 Å². The van der Waals surface area contributed by atoms with Crippen molar-refractivity contribution < 1.29 is 4.79 Å². The van der Waals surface area contributed by atoms with Crippen molar-refractivity contribution in [3.05, 3.63) is 36.4 Å². The zero-order valence-corrected chi connectivity index (χ0v) is 8.68. The molecule has 2 aromatic rings. The molecular formula is C10H13N5O. The number of carbonyl (C=O) groups excluding carboxylic acids is 1. The summed E-state index contributed by atoms with van der Waals surface area (Å²) in [6.45, 7) is 0. The fourth-order valence-electron chi connectivity index (χ4n) is 1.44. The van der Waals surface area contributed by atoms with Gasteiger partial charge >= 0.3 is 0 Å². The molecule has 6 heteroatoms. The zero-order chi connectivity index (χ0) is 11.4. The number of Topliss-reactive ketones (excluding diaryl/α,β-unsaturated/α-hetero) is 1. The number of rotatable bonds is 5. The number of hydrogen-bond acceptors (Lipinski definition) is 4. The molecule has 2 aromatic heterocycles. The maximum absolute atomic E-state index is 11.7. The first-order valence-electron chi connectivity index (χ1n) is 4.99. The van der Waals surface area contributed by atoms with E-state index in [0.29, 0.717) is 12.1 Å². The van der Waals surface area contributed by atoms with Crippen LogP contribution in [0.25, 0.3) is 0 Å². The molecular weight excluding hydrogens is 206 g/mol. The number of ketones is 1. The fraction of sp³-hybridized carbons (Fsp3) is 0.300. The summed E-state index contributed by atoms with van der Waals surface area (Å²) < 4.78 is 0. The Morgan fingerprint density at radius 3 is 2.44 bits per heavy atom. The molecule has 1 atom stereocenters. The van der Waals surface area contributed by atoms with Gasteiger partial charge in [-0.05, 0) is 0 Å². The molecule has 84 valence electrons. The molecule has 4 N–H and O–H groups in total. The van der Waals surface area contributed by atoms with E-state index < -0.39 is 6.04 Å². The highest BCUT2D eigenvalue weighted by atomic mass is 16.1. The van der Waals surface area contributed by atoms with Gasteiger partial charge in [0.2, 0.25) is 0 Å². The van der Waals surface area contributed by atoms with Crippen LogP contribution in [0.1, 0.15) is 11.4 Å². The Morgan fingerprint density at radius 1 is 1.25 bits per heavy atom. The lowest BCUT2D eigenvalue weighted by Gasteiger charge is -2.07. The van der Waals surface area contributed by atoms with Gasteiger partial charge in [-0.3, -0.25) is 4.79 Å². The van der Waals surface area contributed by atoms with Crippen molar-refractivity contribution in [1.82, 2.24) is 19.9 Å². The lowest BCUT2D eigenvalue weighted by atomic mass is 10.0. The third-order valence-corrected chi connectivity index (χ3v) is 2.31. The van der Waals surface area contributed by atoms with Crippen LogP contribution < -0.4 is 5.73 Å². The maximum Gasteiger partial charge on any atom is 0.155 e. The number of carbonyl (C=O) groups is 1. The fourth-order valence-corrected chi connectivity index (χ4v) is 1.44. The first-order chi connectivity index (χ1) is 7.75. The zero-order valence-electron chi connectivity index (χ0n) is 8.68. The molecule has 0 radical (unpaired) electrons. The van der Waals surface area contributed by atoms with Gasteiger partial charge in [0.15, 0.2) is 5.78 Å². The summed E-state index contributed by atoms with van der Waals surface area (Å²) in [7, 11) is 0. The van der Waals surface area contributed by atoms with Crippen molar-refractivity contribution in [3.8, 4) is 0 Å². The molecule has 0 unspecified atom stereocenters. The van der Waals surface area contributed by atoms with Gasteiger partial charge in [0.1, 0.15) is 0 Å². The number of imidazole rings is 2. The van der Waals surface area contributed by atoms with E-state index in [2.05, 4.69) is 19.9 Å². The maximum atomic E-state index is 11.7. The number of aromatic amines is 2. The van der Waals surface area contributed by atoms with Gasteiger partial charge in [0, 0.05) is 18.8 Å². The normalized spacial score (nSPS) is 12.6. The first kappa shape index (κ1) is 10.6. The van der Waals surface area contributed by atoms with E-state index in [4.69, 9.17) is 5.73 Å². The molecule has 0 saturated heterocycles. The summed E-state index contributed by atoms with van der Waals surface area (Å²) in [5.74, 6) is -0.0323. The Hall–Kier alpha value is -1.95. The van der Waals surface area contributed by atoms with E-state index in [0.717, 1.165) is 5.69 Å². The molecule has 0 fully saturated rings. The van der Waals surface area contributed by atoms with E-state index in [1.807, 2.05) is 0 Å². The van der Waals surface area contributed by atoms with Gasteiger partial charge in [0.25, 0.3) is 0 Å². The number of hydrogen-bond donors (Lipinski definition) is 3. The molecule has 0 aliphatic carbocycles. The topological polar surface area (TPSA) is 100 Å². The minimum Gasteiger partial charge on any atom is -0.351 e. The number of nitrogens with one attached hydrogen (secondary N) is 2. The van der Waals surface area contributed by atoms with Crippen LogP contribution in [0.5, 0.6) is 0 Å². The predicted molar refractivity (Wildman–Crippen MR) is 57.6 cm³/mol. The van der Waals surface area contributed by atoms with Crippen molar-refractivity contribution >= 4 is 5.78 Å². The van der Waals surface area contributed by atoms with Gasteiger partial charge in [-0.25, -0.2) is 9.97 Å². The second-order valence-electron chi connectivity index (χ2n) is 3.57. The third kappa shape index (κ3) is 2.54. The van der Waals surface area contributed by atoms with E-state index in [9.17, 15) is 4.79 Å². The lowest BCUT2D eigenvalue weighted by molar-refractivity contribution is -0.119. The molecule has 0 aliphatic heterocycles. The molecule has 0 amide bonds. The van der Waals surface area contributed by atoms with Crippen LogP contribution in [0.15, 0.2) is 25.0 Å². The third-order valence-electron chi connectivity index (χ3n) is 2.31.